The molecule has 2 aromatic rings. The van der Waals surface area contributed by atoms with Gasteiger partial charge in [0.15, 0.2) is 5.82 Å². The summed E-state index contributed by atoms with van der Waals surface area (Å²) in [5.41, 5.74) is -1.03. The summed E-state index contributed by atoms with van der Waals surface area (Å²) >= 11 is 5.68. The molecule has 0 saturated heterocycles. The van der Waals surface area contributed by atoms with E-state index in [1.165, 1.54) is 18.3 Å². The van der Waals surface area contributed by atoms with Crippen LogP contribution in [0.5, 0.6) is 11.6 Å². The Morgan fingerprint density at radius 3 is 2.22 bits per heavy atom. The summed E-state index contributed by atoms with van der Waals surface area (Å²) in [5, 5.41) is 7.95. The van der Waals surface area contributed by atoms with Crippen molar-refractivity contribution >= 4 is 35.4 Å². The lowest BCUT2D eigenvalue weighted by atomic mass is 10.1. The van der Waals surface area contributed by atoms with Crippen molar-refractivity contribution in [1.29, 1.82) is 0 Å². The Morgan fingerprint density at radius 2 is 1.65 bits per heavy atom. The van der Waals surface area contributed by atoms with E-state index in [4.69, 9.17) is 25.8 Å². The predicted octanol–water partition coefficient (Wildman–Crippen LogP) is 5.41. The van der Waals surface area contributed by atoms with Crippen LogP contribution in [0.2, 0.25) is 5.02 Å². The van der Waals surface area contributed by atoms with Crippen LogP contribution in [0.15, 0.2) is 36.5 Å². The largest absolute Gasteiger partial charge is 0.460 e. The van der Waals surface area contributed by atoms with Crippen molar-refractivity contribution in [3.8, 4) is 11.6 Å². The van der Waals surface area contributed by atoms with E-state index in [-0.39, 0.29) is 23.9 Å². The van der Waals surface area contributed by atoms with Crippen LogP contribution >= 0.6 is 11.6 Å². The van der Waals surface area contributed by atoms with Crippen LogP contribution in [0, 0.1) is 5.82 Å². The zero-order chi connectivity index (χ0) is 27.8. The van der Waals surface area contributed by atoms with Crippen molar-refractivity contribution in [3.63, 3.8) is 0 Å². The molecular formula is C25H32ClFN4O6. The highest BCUT2D eigenvalue weighted by molar-refractivity contribution is 6.30. The Kier molecular flexibility index (Phi) is 10.1. The number of nitrogens with one attached hydrogen (secondary N) is 3. The van der Waals surface area contributed by atoms with Crippen LogP contribution < -0.4 is 20.7 Å². The minimum Gasteiger partial charge on any atom is -0.460 e. The van der Waals surface area contributed by atoms with Gasteiger partial charge in [0.2, 0.25) is 0 Å². The molecule has 0 aliphatic rings. The molecule has 1 aromatic carbocycles. The first kappa shape index (κ1) is 29.6. The van der Waals surface area contributed by atoms with Gasteiger partial charge in [0.25, 0.3) is 5.88 Å². The summed E-state index contributed by atoms with van der Waals surface area (Å²) in [5.74, 6) is -1.21. The monoisotopic (exact) mass is 538 g/mol. The van der Waals surface area contributed by atoms with Gasteiger partial charge in [0.05, 0.1) is 17.5 Å². The van der Waals surface area contributed by atoms with Gasteiger partial charge in [-0.2, -0.15) is 0 Å². The molecule has 12 heteroatoms. The van der Waals surface area contributed by atoms with E-state index in [0.29, 0.717) is 11.4 Å². The third-order valence-electron chi connectivity index (χ3n) is 4.16. The van der Waals surface area contributed by atoms with E-state index >= 15 is 0 Å². The second-order valence-corrected chi connectivity index (χ2v) is 10.5. The number of alkyl carbamates (subject to hydrolysis) is 1. The molecule has 0 fully saturated rings. The molecule has 1 aromatic heterocycles. The van der Waals surface area contributed by atoms with Gasteiger partial charge in [-0.05, 0) is 71.9 Å². The lowest BCUT2D eigenvalue weighted by Gasteiger charge is -2.25. The molecule has 0 spiro atoms. The summed E-state index contributed by atoms with van der Waals surface area (Å²) in [4.78, 5) is 40.7. The maximum Gasteiger partial charge on any atom is 0.407 e. The SMILES string of the molecule is CC(C)(C)OC(=O)CC(CNC(=O)Nc1ccc(Oc2ncc(Cl)cc2F)cc1)NC(=O)OC(C)(C)C. The minimum absolute atomic E-state index is 0.0764. The van der Waals surface area contributed by atoms with E-state index in [1.807, 2.05) is 0 Å². The number of halogens is 2. The number of anilines is 1. The van der Waals surface area contributed by atoms with Crippen LogP contribution in [-0.4, -0.2) is 46.9 Å². The maximum atomic E-state index is 13.9. The number of rotatable bonds is 8. The normalized spacial score (nSPS) is 12.2. The Balaban J connectivity index is 1.95. The molecule has 3 amide bonds. The number of ether oxygens (including phenoxy) is 3. The van der Waals surface area contributed by atoms with E-state index in [0.717, 1.165) is 6.07 Å². The number of benzene rings is 1. The van der Waals surface area contributed by atoms with Crippen molar-refractivity contribution in [2.45, 2.75) is 65.2 Å². The number of hydrogen-bond donors (Lipinski definition) is 3. The third kappa shape index (κ3) is 11.8. The lowest BCUT2D eigenvalue weighted by molar-refractivity contribution is -0.155. The fourth-order valence-electron chi connectivity index (χ4n) is 2.82. The standard InChI is InChI=1S/C25H32ClFN4O6/c1-24(2,3)36-20(32)12-17(31-23(34)37-25(4,5)6)14-29-22(33)30-16-7-9-18(10-8-16)35-21-19(27)11-15(26)13-28-21/h7-11,13,17H,12,14H2,1-6H3,(H,31,34)(H2,29,30,33). The quantitative estimate of drug-likeness (QED) is 0.383. The van der Waals surface area contributed by atoms with Crippen LogP contribution in [0.1, 0.15) is 48.0 Å². The topological polar surface area (TPSA) is 128 Å². The van der Waals surface area contributed by atoms with Gasteiger partial charge in [-0.15, -0.1) is 0 Å². The van der Waals surface area contributed by atoms with Gasteiger partial charge in [-0.25, -0.2) is 19.0 Å². The van der Waals surface area contributed by atoms with Crippen LogP contribution in [0.25, 0.3) is 0 Å². The van der Waals surface area contributed by atoms with E-state index in [1.54, 1.807) is 53.7 Å². The molecule has 1 heterocycles. The molecule has 37 heavy (non-hydrogen) atoms. The first-order valence-corrected chi connectivity index (χ1v) is 11.8. The molecule has 202 valence electrons. The number of carbonyl (C=O) groups excluding carboxylic acids is 3. The molecule has 3 N–H and O–H groups in total. The summed E-state index contributed by atoms with van der Waals surface area (Å²) in [6, 6.07) is 5.83. The number of hydrogen-bond acceptors (Lipinski definition) is 7. The number of aromatic nitrogens is 1. The minimum atomic E-state index is -0.784. The maximum absolute atomic E-state index is 13.9. The molecule has 0 aliphatic carbocycles. The lowest BCUT2D eigenvalue weighted by Crippen LogP contribution is -2.47. The predicted molar refractivity (Wildman–Crippen MR) is 136 cm³/mol. The number of amides is 3. The molecule has 0 saturated carbocycles. The Hall–Kier alpha value is -3.60. The van der Waals surface area contributed by atoms with Gasteiger partial charge < -0.3 is 30.2 Å². The average molecular weight is 539 g/mol. The smallest absolute Gasteiger partial charge is 0.407 e. The van der Waals surface area contributed by atoms with Crippen molar-refractivity contribution in [2.24, 2.45) is 0 Å². The molecule has 1 atom stereocenters. The van der Waals surface area contributed by atoms with Gasteiger partial charge in [0.1, 0.15) is 17.0 Å². The Labute approximate surface area is 220 Å². The fraction of sp³-hybridized carbons (Fsp3) is 0.440. The second kappa shape index (κ2) is 12.6. The van der Waals surface area contributed by atoms with Crippen molar-refractivity contribution in [3.05, 3.63) is 47.4 Å². The first-order valence-electron chi connectivity index (χ1n) is 11.4. The number of pyridine rings is 1. The highest BCUT2D eigenvalue weighted by Crippen LogP contribution is 2.25. The van der Waals surface area contributed by atoms with Crippen LogP contribution in [0.4, 0.5) is 19.7 Å². The van der Waals surface area contributed by atoms with Gasteiger partial charge >= 0.3 is 18.1 Å². The van der Waals surface area contributed by atoms with Crippen molar-refractivity contribution < 1.29 is 33.0 Å². The number of urea groups is 1. The molecule has 0 radical (unpaired) electrons. The summed E-state index contributed by atoms with van der Waals surface area (Å²) < 4.78 is 29.8. The molecule has 2 rings (SSSR count). The summed E-state index contributed by atoms with van der Waals surface area (Å²) in [6.07, 6.45) is 0.344. The molecular weight excluding hydrogens is 507 g/mol. The van der Waals surface area contributed by atoms with Crippen molar-refractivity contribution in [1.82, 2.24) is 15.6 Å². The molecule has 10 nitrogen and oxygen atoms in total. The van der Waals surface area contributed by atoms with Gasteiger partial charge in [-0.3, -0.25) is 4.79 Å². The van der Waals surface area contributed by atoms with Gasteiger partial charge in [-0.1, -0.05) is 11.6 Å². The van der Waals surface area contributed by atoms with Gasteiger partial charge in [0, 0.05) is 18.4 Å². The zero-order valence-electron chi connectivity index (χ0n) is 21.6. The highest BCUT2D eigenvalue weighted by atomic mass is 35.5. The third-order valence-corrected chi connectivity index (χ3v) is 4.37. The van der Waals surface area contributed by atoms with E-state index < -0.39 is 41.2 Å². The Bertz CT molecular complexity index is 1070. The first-order chi connectivity index (χ1) is 17.1. The zero-order valence-corrected chi connectivity index (χ0v) is 22.4. The summed E-state index contributed by atoms with van der Waals surface area (Å²) in [7, 11) is 0. The molecule has 0 bridgehead atoms. The number of esters is 1. The van der Waals surface area contributed by atoms with E-state index in [2.05, 4.69) is 20.9 Å². The fourth-order valence-corrected chi connectivity index (χ4v) is 2.96. The molecule has 0 aliphatic heterocycles. The molecule has 1 unspecified atom stereocenters. The average Bonchev–Trinajstić information content (AvgIpc) is 2.72. The van der Waals surface area contributed by atoms with Crippen molar-refractivity contribution in [2.75, 3.05) is 11.9 Å². The highest BCUT2D eigenvalue weighted by Gasteiger charge is 2.24. The number of nitrogens with zero attached hydrogens (tertiary/aromatic N) is 1. The summed E-state index contributed by atoms with van der Waals surface area (Å²) in [6.45, 7) is 10.2. The Morgan fingerprint density at radius 1 is 1.03 bits per heavy atom. The van der Waals surface area contributed by atoms with E-state index in [9.17, 15) is 18.8 Å². The van der Waals surface area contributed by atoms with Crippen LogP contribution in [-0.2, 0) is 14.3 Å². The number of carbonyl (C=O) groups is 3. The second-order valence-electron chi connectivity index (χ2n) is 10.0. The van der Waals surface area contributed by atoms with Crippen LogP contribution in [0.3, 0.4) is 0 Å².